The Labute approximate surface area is 405 Å². The van der Waals surface area contributed by atoms with Crippen molar-refractivity contribution in [2.24, 2.45) is 0 Å². The fourth-order valence-corrected chi connectivity index (χ4v) is 11.3. The van der Waals surface area contributed by atoms with Gasteiger partial charge in [-0.2, -0.15) is 0 Å². The van der Waals surface area contributed by atoms with Gasteiger partial charge in [-0.1, -0.05) is 146 Å². The second-order valence-corrected chi connectivity index (χ2v) is 18.4. The van der Waals surface area contributed by atoms with Crippen molar-refractivity contribution in [3.63, 3.8) is 0 Å². The minimum atomic E-state index is -0.181. The average molecular weight is 897 g/mol. The average Bonchev–Trinajstić information content (AvgIpc) is 3.41. The van der Waals surface area contributed by atoms with Crippen molar-refractivity contribution in [2.75, 3.05) is 9.80 Å². The van der Waals surface area contributed by atoms with Gasteiger partial charge >= 0.3 is 0 Å². The highest BCUT2D eigenvalue weighted by molar-refractivity contribution is 7.00. The summed E-state index contributed by atoms with van der Waals surface area (Å²) < 4.78 is 28.6. The van der Waals surface area contributed by atoms with E-state index in [0.717, 1.165) is 112 Å². The molecule has 0 amide bonds. The minimum absolute atomic E-state index is 0.181. The minimum Gasteiger partial charge on any atom is -0.458 e. The number of hydrogen-bond donors (Lipinski definition) is 0. The Morgan fingerprint density at radius 3 is 1.06 bits per heavy atom. The molecule has 4 aliphatic heterocycles. The molecule has 4 aliphatic rings. The predicted octanol–water partition coefficient (Wildman–Crippen LogP) is 12.4. The van der Waals surface area contributed by atoms with Crippen LogP contribution in [0.15, 0.2) is 231 Å². The van der Waals surface area contributed by atoms with Gasteiger partial charge in [0.1, 0.15) is 34.5 Å². The van der Waals surface area contributed by atoms with Gasteiger partial charge in [0.05, 0.1) is 11.4 Å². The summed E-state index contributed by atoms with van der Waals surface area (Å²) in [7, 11) is 0. The van der Waals surface area contributed by atoms with Crippen LogP contribution in [0.5, 0.6) is 46.0 Å². The standard InChI is InChI=1S/C62H38B2N2O4/c1-3-19-43(20-4-1)65(45-29-27-39-15-7-9-17-41(39)33-45)47-35-55-59-57(37-47)69-61-51(63(59)49-23-11-13-25-53(49)67-55)31-32-52-62(61)70-58-38-48(36-56-60(58)64(52)50-24-12-14-26-54(50)68-56)66(44-21-5-2-6-22-44)46-30-28-40-16-8-10-18-42(40)34-46/h1-38H. The molecule has 8 heteroatoms. The number of ether oxygens (including phenoxy) is 4. The maximum Gasteiger partial charge on any atom is 0.260 e. The van der Waals surface area contributed by atoms with Crippen LogP contribution >= 0.6 is 0 Å². The first kappa shape index (κ1) is 38.9. The molecule has 0 unspecified atom stereocenters. The first-order chi connectivity index (χ1) is 34.7. The lowest BCUT2D eigenvalue weighted by Crippen LogP contribution is -2.60. The molecule has 0 saturated carbocycles. The van der Waals surface area contributed by atoms with Gasteiger partial charge in [0.15, 0.2) is 11.5 Å². The smallest absolute Gasteiger partial charge is 0.260 e. The highest BCUT2D eigenvalue weighted by atomic mass is 16.5. The fraction of sp³-hybridized carbons (Fsp3) is 0. The summed E-state index contributed by atoms with van der Waals surface area (Å²) in [5.41, 5.74) is 12.1. The number of benzene rings is 11. The topological polar surface area (TPSA) is 43.4 Å². The molecule has 0 bridgehead atoms. The monoisotopic (exact) mass is 896 g/mol. The van der Waals surface area contributed by atoms with E-state index < -0.39 is 0 Å². The normalized spacial score (nSPS) is 13.0. The first-order valence-corrected chi connectivity index (χ1v) is 23.8. The third kappa shape index (κ3) is 5.96. The van der Waals surface area contributed by atoms with Crippen LogP contribution in [0.25, 0.3) is 21.5 Å². The number of nitrogens with zero attached hydrogens (tertiary/aromatic N) is 2. The molecule has 70 heavy (non-hydrogen) atoms. The van der Waals surface area contributed by atoms with Crippen LogP contribution in [0.4, 0.5) is 34.1 Å². The second-order valence-electron chi connectivity index (χ2n) is 18.4. The molecule has 6 nitrogen and oxygen atoms in total. The van der Waals surface area contributed by atoms with Gasteiger partial charge in [0.2, 0.25) is 0 Å². The molecule has 11 aromatic rings. The SMILES string of the molecule is c1ccc(N(c2cc3c4c(c2)Oc2c(ccc5c2Oc2cc(N(c6ccccc6)c6ccc7ccccc7c6)cc6c2B5c2ccccc2O6)B4c2ccccc2O3)c2ccc3ccccc3c2)cc1. The van der Waals surface area contributed by atoms with Gasteiger partial charge in [0, 0.05) is 57.9 Å². The summed E-state index contributed by atoms with van der Waals surface area (Å²) in [4.78, 5) is 4.56. The first-order valence-electron chi connectivity index (χ1n) is 23.8. The third-order valence-corrected chi connectivity index (χ3v) is 14.4. The van der Waals surface area contributed by atoms with Gasteiger partial charge in [-0.25, -0.2) is 0 Å². The van der Waals surface area contributed by atoms with Crippen molar-refractivity contribution in [3.05, 3.63) is 231 Å². The summed E-state index contributed by atoms with van der Waals surface area (Å²) in [6.07, 6.45) is 0. The van der Waals surface area contributed by atoms with Crippen LogP contribution in [-0.4, -0.2) is 13.4 Å². The van der Waals surface area contributed by atoms with E-state index >= 15 is 0 Å². The van der Waals surface area contributed by atoms with E-state index in [9.17, 15) is 0 Å². The Kier molecular flexibility index (Phi) is 8.45. The van der Waals surface area contributed by atoms with Crippen molar-refractivity contribution in [1.82, 2.24) is 0 Å². The summed E-state index contributed by atoms with van der Waals surface area (Å²) in [6, 6.07) is 81.1. The van der Waals surface area contributed by atoms with Crippen molar-refractivity contribution in [2.45, 2.75) is 0 Å². The zero-order valence-corrected chi connectivity index (χ0v) is 37.6. The quantitative estimate of drug-likeness (QED) is 0.155. The zero-order valence-electron chi connectivity index (χ0n) is 37.6. The lowest BCUT2D eigenvalue weighted by Gasteiger charge is -2.38. The molecule has 4 heterocycles. The lowest BCUT2D eigenvalue weighted by atomic mass is 9.32. The van der Waals surface area contributed by atoms with Crippen LogP contribution < -0.4 is 61.5 Å². The Hall–Kier alpha value is -9.13. The van der Waals surface area contributed by atoms with Crippen molar-refractivity contribution >= 4 is 102 Å². The Morgan fingerprint density at radius 1 is 0.243 bits per heavy atom. The zero-order chi connectivity index (χ0) is 45.9. The molecule has 0 aliphatic carbocycles. The highest BCUT2D eigenvalue weighted by Gasteiger charge is 2.47. The van der Waals surface area contributed by atoms with Crippen LogP contribution in [0, 0.1) is 0 Å². The van der Waals surface area contributed by atoms with Crippen LogP contribution in [0.1, 0.15) is 0 Å². The molecule has 0 aromatic heterocycles. The van der Waals surface area contributed by atoms with E-state index in [1.807, 2.05) is 12.1 Å². The molecule has 0 spiro atoms. The molecule has 0 atom stereocenters. The maximum absolute atomic E-state index is 7.40. The van der Waals surface area contributed by atoms with Gasteiger partial charge in [0.25, 0.3) is 13.4 Å². The Balaban J connectivity index is 0.932. The second kappa shape index (κ2) is 15.2. The molecule has 11 aromatic carbocycles. The van der Waals surface area contributed by atoms with E-state index in [4.69, 9.17) is 18.9 Å². The van der Waals surface area contributed by atoms with Crippen molar-refractivity contribution in [3.8, 4) is 46.0 Å². The van der Waals surface area contributed by atoms with Crippen molar-refractivity contribution < 1.29 is 18.9 Å². The maximum atomic E-state index is 7.40. The molecular formula is C62H38B2N2O4. The van der Waals surface area contributed by atoms with E-state index in [1.54, 1.807) is 0 Å². The highest BCUT2D eigenvalue weighted by Crippen LogP contribution is 2.48. The summed E-state index contributed by atoms with van der Waals surface area (Å²) in [5.74, 6) is 5.99. The fourth-order valence-electron chi connectivity index (χ4n) is 11.3. The third-order valence-electron chi connectivity index (χ3n) is 14.4. The molecule has 0 radical (unpaired) electrons. The van der Waals surface area contributed by atoms with E-state index in [2.05, 4.69) is 228 Å². The van der Waals surface area contributed by atoms with Crippen LogP contribution in [-0.2, 0) is 0 Å². The number of fused-ring (bicyclic) bond motifs is 11. The molecule has 326 valence electrons. The Morgan fingerprint density at radius 2 is 0.614 bits per heavy atom. The predicted molar refractivity (Wildman–Crippen MR) is 286 cm³/mol. The molecule has 0 saturated heterocycles. The number of hydrogen-bond acceptors (Lipinski definition) is 6. The molecule has 15 rings (SSSR count). The number of para-hydroxylation sites is 4. The summed E-state index contributed by atoms with van der Waals surface area (Å²) in [6.45, 7) is -0.363. The molecule has 0 fully saturated rings. The van der Waals surface area contributed by atoms with Gasteiger partial charge in [-0.15, -0.1) is 0 Å². The molecule has 0 N–H and O–H groups in total. The van der Waals surface area contributed by atoms with Crippen LogP contribution in [0.3, 0.4) is 0 Å². The van der Waals surface area contributed by atoms with E-state index in [1.165, 1.54) is 10.8 Å². The number of anilines is 6. The largest absolute Gasteiger partial charge is 0.458 e. The van der Waals surface area contributed by atoms with Gasteiger partial charge < -0.3 is 28.7 Å². The van der Waals surface area contributed by atoms with Gasteiger partial charge in [-0.05, 0) is 104 Å². The van der Waals surface area contributed by atoms with E-state index in [0.29, 0.717) is 11.5 Å². The molecular weight excluding hydrogens is 858 g/mol. The number of rotatable bonds is 6. The van der Waals surface area contributed by atoms with E-state index in [-0.39, 0.29) is 13.4 Å². The summed E-state index contributed by atoms with van der Waals surface area (Å²) >= 11 is 0. The van der Waals surface area contributed by atoms with Gasteiger partial charge in [-0.3, -0.25) is 0 Å². The lowest BCUT2D eigenvalue weighted by molar-refractivity contribution is 0.417. The van der Waals surface area contributed by atoms with Crippen molar-refractivity contribution in [1.29, 1.82) is 0 Å². The Bertz CT molecular complexity index is 3700. The summed E-state index contributed by atoms with van der Waals surface area (Å²) in [5, 5.41) is 4.68. The van der Waals surface area contributed by atoms with Crippen LogP contribution in [0.2, 0.25) is 0 Å².